The Bertz CT molecular complexity index is 1020. The maximum Gasteiger partial charge on any atom is 0.344 e. The second kappa shape index (κ2) is 11.0. The summed E-state index contributed by atoms with van der Waals surface area (Å²) in [5.41, 5.74) is 0.401. The van der Waals surface area contributed by atoms with Crippen LogP contribution in [0.3, 0.4) is 0 Å². The maximum absolute atomic E-state index is 12.7. The van der Waals surface area contributed by atoms with Crippen LogP contribution < -0.4 is 14.8 Å². The fourth-order valence-electron chi connectivity index (χ4n) is 3.16. The van der Waals surface area contributed by atoms with Crippen LogP contribution in [-0.4, -0.2) is 58.0 Å². The van der Waals surface area contributed by atoms with Crippen LogP contribution in [0.2, 0.25) is 0 Å². The largest absolute Gasteiger partial charge is 0.497 e. The molecule has 3 rings (SSSR count). The van der Waals surface area contributed by atoms with Gasteiger partial charge in [-0.25, -0.2) is 13.2 Å². The van der Waals surface area contributed by atoms with E-state index in [4.69, 9.17) is 14.2 Å². The molecule has 1 aliphatic heterocycles. The lowest BCUT2D eigenvalue weighted by molar-refractivity contribution is -0.149. The Hall–Kier alpha value is -3.11. The van der Waals surface area contributed by atoms with E-state index in [-0.39, 0.29) is 11.5 Å². The summed E-state index contributed by atoms with van der Waals surface area (Å²) in [4.78, 5) is 24.0. The average Bonchev–Trinajstić information content (AvgIpc) is 2.82. The molecule has 172 valence electrons. The van der Waals surface area contributed by atoms with E-state index in [2.05, 4.69) is 5.32 Å². The molecular weight excluding hydrogens is 436 g/mol. The normalized spacial score (nSPS) is 14.4. The van der Waals surface area contributed by atoms with Crippen LogP contribution in [-0.2, 0) is 24.3 Å². The molecule has 0 radical (unpaired) electrons. The molecule has 1 amide bonds. The molecule has 10 heteroatoms. The molecule has 1 heterocycles. The number of rotatable bonds is 9. The second-order valence-corrected chi connectivity index (χ2v) is 9.10. The average molecular weight is 463 g/mol. The van der Waals surface area contributed by atoms with Crippen LogP contribution in [0.4, 0.5) is 5.69 Å². The van der Waals surface area contributed by atoms with Crippen molar-refractivity contribution in [2.24, 2.45) is 0 Å². The third-order valence-corrected chi connectivity index (χ3v) is 6.78. The number of ether oxygens (including phenoxy) is 3. The van der Waals surface area contributed by atoms with Gasteiger partial charge in [-0.15, -0.1) is 0 Å². The van der Waals surface area contributed by atoms with Crippen molar-refractivity contribution in [2.45, 2.75) is 24.2 Å². The van der Waals surface area contributed by atoms with E-state index in [1.807, 2.05) is 0 Å². The van der Waals surface area contributed by atoms with Gasteiger partial charge in [0.05, 0.1) is 12.0 Å². The third kappa shape index (κ3) is 6.44. The van der Waals surface area contributed by atoms with Crippen molar-refractivity contribution in [1.29, 1.82) is 0 Å². The highest BCUT2D eigenvalue weighted by Gasteiger charge is 2.25. The quantitative estimate of drug-likeness (QED) is 0.570. The molecule has 9 nitrogen and oxygen atoms in total. The highest BCUT2D eigenvalue weighted by atomic mass is 32.2. The Labute approximate surface area is 187 Å². The number of amides is 1. The van der Waals surface area contributed by atoms with E-state index < -0.39 is 28.5 Å². The van der Waals surface area contributed by atoms with Gasteiger partial charge >= 0.3 is 5.97 Å². The predicted octanol–water partition coefficient (Wildman–Crippen LogP) is 2.43. The van der Waals surface area contributed by atoms with Crippen LogP contribution in [0, 0.1) is 0 Å². The van der Waals surface area contributed by atoms with Gasteiger partial charge in [-0.05, 0) is 61.4 Å². The molecule has 0 atom stereocenters. The van der Waals surface area contributed by atoms with Gasteiger partial charge in [0.25, 0.3) is 5.91 Å². The number of esters is 1. The molecule has 0 saturated carbocycles. The predicted molar refractivity (Wildman–Crippen MR) is 117 cm³/mol. The summed E-state index contributed by atoms with van der Waals surface area (Å²) in [6.07, 6.45) is 2.75. The van der Waals surface area contributed by atoms with Crippen molar-refractivity contribution in [3.63, 3.8) is 0 Å². The zero-order chi connectivity index (χ0) is 23.0. The molecule has 1 aliphatic rings. The molecule has 0 aromatic heterocycles. The number of piperidine rings is 1. The lowest BCUT2D eigenvalue weighted by atomic mass is 10.2. The Kier molecular flexibility index (Phi) is 8.07. The number of nitrogens with zero attached hydrogens (tertiary/aromatic N) is 1. The van der Waals surface area contributed by atoms with E-state index in [1.165, 1.54) is 28.6 Å². The zero-order valence-corrected chi connectivity index (χ0v) is 18.6. The van der Waals surface area contributed by atoms with E-state index in [0.717, 1.165) is 19.3 Å². The van der Waals surface area contributed by atoms with E-state index in [1.54, 1.807) is 31.4 Å². The number of hydrogen-bond donors (Lipinski definition) is 1. The smallest absolute Gasteiger partial charge is 0.344 e. The number of hydrogen-bond acceptors (Lipinski definition) is 7. The molecular formula is C22H26N2O7S. The van der Waals surface area contributed by atoms with Crippen molar-refractivity contribution < 1.29 is 32.2 Å². The number of benzene rings is 2. The number of carbonyl (C=O) groups is 2. The van der Waals surface area contributed by atoms with E-state index in [0.29, 0.717) is 30.3 Å². The molecule has 0 bridgehead atoms. The van der Waals surface area contributed by atoms with Gasteiger partial charge in [0.15, 0.2) is 13.2 Å². The third-order valence-electron chi connectivity index (χ3n) is 4.87. The number of nitrogens with one attached hydrogen (secondary N) is 1. The van der Waals surface area contributed by atoms with Crippen molar-refractivity contribution in [3.05, 3.63) is 48.5 Å². The molecule has 0 unspecified atom stereocenters. The van der Waals surface area contributed by atoms with Crippen LogP contribution >= 0.6 is 0 Å². The Balaban J connectivity index is 1.43. The fourth-order valence-corrected chi connectivity index (χ4v) is 4.68. The first kappa shape index (κ1) is 23.6. The van der Waals surface area contributed by atoms with Gasteiger partial charge in [0.1, 0.15) is 11.5 Å². The van der Waals surface area contributed by atoms with Crippen LogP contribution in [0.25, 0.3) is 0 Å². The topological polar surface area (TPSA) is 111 Å². The Morgan fingerprint density at radius 1 is 0.906 bits per heavy atom. The van der Waals surface area contributed by atoms with Gasteiger partial charge in [-0.3, -0.25) is 4.79 Å². The van der Waals surface area contributed by atoms with Gasteiger partial charge in [-0.2, -0.15) is 4.31 Å². The van der Waals surface area contributed by atoms with Crippen molar-refractivity contribution in [2.75, 3.05) is 38.7 Å². The zero-order valence-electron chi connectivity index (χ0n) is 17.8. The Morgan fingerprint density at radius 3 is 2.16 bits per heavy atom. The molecule has 2 aromatic rings. The minimum absolute atomic E-state index is 0.180. The highest BCUT2D eigenvalue weighted by molar-refractivity contribution is 7.89. The summed E-state index contributed by atoms with van der Waals surface area (Å²) in [5, 5.41) is 2.56. The first-order chi connectivity index (χ1) is 15.4. The summed E-state index contributed by atoms with van der Waals surface area (Å²) in [6.45, 7) is 0.212. The standard InChI is InChI=1S/C22H26N2O7S/c1-29-18-7-9-19(10-8-18)30-16-22(26)31-15-21(25)23-17-5-11-20(12-6-17)32(27,28)24-13-3-2-4-14-24/h5-12H,2-4,13-16H2,1H3,(H,23,25). The summed E-state index contributed by atoms with van der Waals surface area (Å²) in [7, 11) is -1.99. The van der Waals surface area contributed by atoms with E-state index >= 15 is 0 Å². The second-order valence-electron chi connectivity index (χ2n) is 7.16. The van der Waals surface area contributed by atoms with Gasteiger partial charge in [0, 0.05) is 18.8 Å². The fraction of sp³-hybridized carbons (Fsp3) is 0.364. The number of sulfonamides is 1. The van der Waals surface area contributed by atoms with Gasteiger partial charge in [0.2, 0.25) is 10.0 Å². The number of methoxy groups -OCH3 is 1. The number of carbonyl (C=O) groups excluding carboxylic acids is 2. The summed E-state index contributed by atoms with van der Waals surface area (Å²) in [5.74, 6) is -0.117. The molecule has 1 fully saturated rings. The summed E-state index contributed by atoms with van der Waals surface area (Å²) >= 11 is 0. The lowest BCUT2D eigenvalue weighted by Gasteiger charge is -2.25. The lowest BCUT2D eigenvalue weighted by Crippen LogP contribution is -2.35. The molecule has 1 N–H and O–H groups in total. The minimum atomic E-state index is -3.53. The van der Waals surface area contributed by atoms with Crippen LogP contribution in [0.15, 0.2) is 53.4 Å². The molecule has 2 aromatic carbocycles. The first-order valence-corrected chi connectivity index (χ1v) is 11.6. The van der Waals surface area contributed by atoms with Crippen molar-refractivity contribution in [3.8, 4) is 11.5 Å². The maximum atomic E-state index is 12.7. The molecule has 0 spiro atoms. The molecule has 32 heavy (non-hydrogen) atoms. The SMILES string of the molecule is COc1ccc(OCC(=O)OCC(=O)Nc2ccc(S(=O)(=O)N3CCCCC3)cc2)cc1. The van der Waals surface area contributed by atoms with Gasteiger partial charge in [-0.1, -0.05) is 6.42 Å². The summed E-state index contributed by atoms with van der Waals surface area (Å²) in [6, 6.07) is 12.6. The minimum Gasteiger partial charge on any atom is -0.497 e. The van der Waals surface area contributed by atoms with Crippen molar-refractivity contribution >= 4 is 27.6 Å². The van der Waals surface area contributed by atoms with Crippen molar-refractivity contribution in [1.82, 2.24) is 4.31 Å². The van der Waals surface area contributed by atoms with Gasteiger partial charge < -0.3 is 19.5 Å². The molecule has 0 aliphatic carbocycles. The number of anilines is 1. The first-order valence-electron chi connectivity index (χ1n) is 10.2. The summed E-state index contributed by atoms with van der Waals surface area (Å²) < 4.78 is 42.0. The highest BCUT2D eigenvalue weighted by Crippen LogP contribution is 2.22. The van der Waals surface area contributed by atoms with Crippen LogP contribution in [0.5, 0.6) is 11.5 Å². The Morgan fingerprint density at radius 2 is 1.53 bits per heavy atom. The molecule has 1 saturated heterocycles. The monoisotopic (exact) mass is 462 g/mol. The van der Waals surface area contributed by atoms with E-state index in [9.17, 15) is 18.0 Å². The van der Waals surface area contributed by atoms with Crippen LogP contribution in [0.1, 0.15) is 19.3 Å².